The molecule has 38 heavy (non-hydrogen) atoms. The first-order valence-corrected chi connectivity index (χ1v) is 14.4. The zero-order valence-corrected chi connectivity index (χ0v) is 22.0. The third-order valence-electron chi connectivity index (χ3n) is 6.81. The summed E-state index contributed by atoms with van der Waals surface area (Å²) in [5.74, 6) is 0.101. The summed E-state index contributed by atoms with van der Waals surface area (Å²) in [5, 5.41) is 19.0. The number of benzene rings is 2. The third-order valence-corrected chi connectivity index (χ3v) is 8.21. The highest BCUT2D eigenvalue weighted by atomic mass is 32.2. The van der Waals surface area contributed by atoms with Gasteiger partial charge < -0.3 is 10.4 Å². The topological polar surface area (TPSA) is 122 Å². The molecule has 3 N–H and O–H groups in total. The van der Waals surface area contributed by atoms with Crippen LogP contribution in [-0.4, -0.2) is 45.9 Å². The summed E-state index contributed by atoms with van der Waals surface area (Å²) in [5.41, 5.74) is 2.39. The molecular formula is C27H31FN6O3S. The number of rotatable bonds is 9. The van der Waals surface area contributed by atoms with Crippen LogP contribution in [-0.2, 0) is 10.0 Å². The van der Waals surface area contributed by atoms with Crippen molar-refractivity contribution in [3.63, 3.8) is 0 Å². The number of hydrogen-bond acceptors (Lipinski definition) is 7. The Balaban J connectivity index is 1.47. The zero-order chi connectivity index (χ0) is 26.7. The molecule has 1 saturated carbocycles. The lowest BCUT2D eigenvalue weighted by molar-refractivity contribution is 0.109. The zero-order valence-electron chi connectivity index (χ0n) is 21.1. The van der Waals surface area contributed by atoms with Crippen LogP contribution in [0.25, 0.3) is 22.3 Å². The second-order valence-corrected chi connectivity index (χ2v) is 11.3. The van der Waals surface area contributed by atoms with Gasteiger partial charge in [0, 0.05) is 24.0 Å². The average Bonchev–Trinajstić information content (AvgIpc) is 3.29. The number of nitrogens with zero attached hydrogens (tertiary/aromatic N) is 4. The van der Waals surface area contributed by atoms with Crippen molar-refractivity contribution in [3.05, 3.63) is 60.5 Å². The molecule has 0 saturated heterocycles. The number of fused-ring (bicyclic) bond motifs is 1. The average molecular weight is 539 g/mol. The molecule has 1 aliphatic carbocycles. The van der Waals surface area contributed by atoms with Crippen molar-refractivity contribution < 1.29 is 17.9 Å². The van der Waals surface area contributed by atoms with Gasteiger partial charge in [0.25, 0.3) is 10.0 Å². The van der Waals surface area contributed by atoms with Crippen LogP contribution in [0.1, 0.15) is 51.5 Å². The Hall–Kier alpha value is -3.57. The minimum atomic E-state index is -3.86. The van der Waals surface area contributed by atoms with Crippen molar-refractivity contribution in [3.8, 4) is 11.3 Å². The quantitative estimate of drug-likeness (QED) is 0.253. The van der Waals surface area contributed by atoms with E-state index in [0.29, 0.717) is 30.1 Å². The molecule has 2 aromatic carbocycles. The normalized spacial score (nSPS) is 18.0. The molecule has 0 atom stereocenters. The summed E-state index contributed by atoms with van der Waals surface area (Å²) >= 11 is 0. The molecule has 1 aliphatic rings. The number of aliphatic hydroxyl groups excluding tert-OH is 1. The molecule has 0 radical (unpaired) electrons. The largest absolute Gasteiger partial charge is 0.393 e. The number of nitrogens with one attached hydrogen (secondary N) is 2. The Morgan fingerprint density at radius 3 is 2.45 bits per heavy atom. The van der Waals surface area contributed by atoms with Crippen LogP contribution in [0.5, 0.6) is 0 Å². The Kier molecular flexibility index (Phi) is 7.57. The molecule has 5 rings (SSSR count). The summed E-state index contributed by atoms with van der Waals surface area (Å²) < 4.78 is 43.3. The Morgan fingerprint density at radius 2 is 1.76 bits per heavy atom. The monoisotopic (exact) mass is 538 g/mol. The molecule has 200 valence electrons. The number of unbranched alkanes of at least 4 members (excludes halogenated alkanes) is 1. The van der Waals surface area contributed by atoms with Crippen LogP contribution in [0.15, 0.2) is 59.6 Å². The van der Waals surface area contributed by atoms with Gasteiger partial charge in [-0.2, -0.15) is 10.1 Å². The van der Waals surface area contributed by atoms with E-state index in [4.69, 9.17) is 10.1 Å². The van der Waals surface area contributed by atoms with Gasteiger partial charge in [-0.1, -0.05) is 25.5 Å². The van der Waals surface area contributed by atoms with E-state index >= 15 is 0 Å². The molecule has 0 bridgehead atoms. The van der Waals surface area contributed by atoms with E-state index < -0.39 is 15.8 Å². The van der Waals surface area contributed by atoms with E-state index in [-0.39, 0.29) is 22.7 Å². The molecule has 0 amide bonds. The van der Waals surface area contributed by atoms with Crippen LogP contribution >= 0.6 is 0 Å². The standard InChI is InChI=1S/C27H31FN6O3S/c1-2-3-16-29-27-30-17-24-25(32-34(26(24)31-27)21-10-12-22(35)13-11-21)18-4-14-23(15-5-18)38(36,37)33-20-8-6-19(28)7-9-20/h4-9,14-15,17,21-22,33,35H,2-3,10-13,16H2,1H3,(H,29,30,31)/t21-,22-. The van der Waals surface area contributed by atoms with E-state index in [2.05, 4.69) is 21.9 Å². The summed E-state index contributed by atoms with van der Waals surface area (Å²) in [6, 6.07) is 11.7. The summed E-state index contributed by atoms with van der Waals surface area (Å²) in [6.07, 6.45) is 6.56. The van der Waals surface area contributed by atoms with Gasteiger partial charge in [-0.25, -0.2) is 22.5 Å². The van der Waals surface area contributed by atoms with Gasteiger partial charge in [-0.15, -0.1) is 0 Å². The lowest BCUT2D eigenvalue weighted by Gasteiger charge is -2.25. The maximum Gasteiger partial charge on any atom is 0.261 e. The highest BCUT2D eigenvalue weighted by Crippen LogP contribution is 2.35. The van der Waals surface area contributed by atoms with Gasteiger partial charge in [0.1, 0.15) is 11.5 Å². The van der Waals surface area contributed by atoms with Gasteiger partial charge in [0.05, 0.1) is 22.4 Å². The van der Waals surface area contributed by atoms with Crippen molar-refractivity contribution in [1.29, 1.82) is 0 Å². The number of aliphatic hydroxyl groups is 1. The van der Waals surface area contributed by atoms with Gasteiger partial charge in [-0.3, -0.25) is 4.72 Å². The summed E-state index contributed by atoms with van der Waals surface area (Å²) in [7, 11) is -3.86. The first kappa shape index (κ1) is 26.1. The molecule has 4 aromatic rings. The Labute approximate surface area is 221 Å². The summed E-state index contributed by atoms with van der Waals surface area (Å²) in [6.45, 7) is 2.90. The fourth-order valence-electron chi connectivity index (χ4n) is 4.68. The van der Waals surface area contributed by atoms with Crippen molar-refractivity contribution in [2.75, 3.05) is 16.6 Å². The van der Waals surface area contributed by atoms with Crippen LogP contribution in [0.3, 0.4) is 0 Å². The predicted octanol–water partition coefficient (Wildman–Crippen LogP) is 5.12. The van der Waals surface area contributed by atoms with Crippen molar-refractivity contribution in [2.45, 2.75) is 62.5 Å². The van der Waals surface area contributed by atoms with Crippen molar-refractivity contribution >= 4 is 32.7 Å². The fourth-order valence-corrected chi connectivity index (χ4v) is 5.74. The molecular weight excluding hydrogens is 507 g/mol. The molecule has 2 aromatic heterocycles. The Morgan fingerprint density at radius 1 is 1.05 bits per heavy atom. The summed E-state index contributed by atoms with van der Waals surface area (Å²) in [4.78, 5) is 9.36. The third kappa shape index (κ3) is 5.63. The fraction of sp³-hybridized carbons (Fsp3) is 0.370. The van der Waals surface area contributed by atoms with E-state index in [1.165, 1.54) is 36.4 Å². The molecule has 0 spiro atoms. The maximum atomic E-state index is 13.2. The number of anilines is 2. The molecule has 0 unspecified atom stereocenters. The van der Waals surface area contributed by atoms with Crippen LogP contribution in [0.4, 0.5) is 16.0 Å². The second-order valence-electron chi connectivity index (χ2n) is 9.60. The van der Waals surface area contributed by atoms with Crippen LogP contribution in [0.2, 0.25) is 0 Å². The lowest BCUT2D eigenvalue weighted by Crippen LogP contribution is -2.22. The number of hydrogen-bond donors (Lipinski definition) is 3. The highest BCUT2D eigenvalue weighted by Gasteiger charge is 2.26. The molecule has 0 aliphatic heterocycles. The minimum Gasteiger partial charge on any atom is -0.393 e. The van der Waals surface area contributed by atoms with Crippen LogP contribution < -0.4 is 10.0 Å². The van der Waals surface area contributed by atoms with Gasteiger partial charge in [0.2, 0.25) is 5.95 Å². The maximum absolute atomic E-state index is 13.2. The first-order valence-electron chi connectivity index (χ1n) is 12.9. The van der Waals surface area contributed by atoms with Crippen molar-refractivity contribution in [2.24, 2.45) is 0 Å². The molecule has 2 heterocycles. The predicted molar refractivity (Wildman–Crippen MR) is 145 cm³/mol. The van der Waals surface area contributed by atoms with E-state index in [1.54, 1.807) is 18.3 Å². The smallest absolute Gasteiger partial charge is 0.261 e. The van der Waals surface area contributed by atoms with Crippen molar-refractivity contribution in [1.82, 2.24) is 19.7 Å². The molecule has 11 heteroatoms. The minimum absolute atomic E-state index is 0.0780. The Bertz CT molecular complexity index is 1500. The SMILES string of the molecule is CCCCNc1ncc2c(-c3ccc(S(=O)(=O)Nc4ccc(F)cc4)cc3)nn([C@H]3CC[C@H](O)CC3)c2n1. The lowest BCUT2D eigenvalue weighted by atomic mass is 9.93. The van der Waals surface area contributed by atoms with E-state index in [9.17, 15) is 17.9 Å². The first-order chi connectivity index (χ1) is 18.3. The molecule has 9 nitrogen and oxygen atoms in total. The molecule has 1 fully saturated rings. The van der Waals surface area contributed by atoms with E-state index in [0.717, 1.165) is 43.2 Å². The number of aromatic nitrogens is 4. The number of sulfonamides is 1. The van der Waals surface area contributed by atoms with Gasteiger partial charge in [0.15, 0.2) is 5.65 Å². The highest BCUT2D eigenvalue weighted by molar-refractivity contribution is 7.92. The van der Waals surface area contributed by atoms with Crippen LogP contribution in [0, 0.1) is 5.82 Å². The number of halogens is 1. The second kappa shape index (κ2) is 11.0. The van der Waals surface area contributed by atoms with Gasteiger partial charge in [-0.05, 0) is 68.5 Å². The van der Waals surface area contributed by atoms with E-state index in [1.807, 2.05) is 4.68 Å². The van der Waals surface area contributed by atoms with Gasteiger partial charge >= 0.3 is 0 Å².